The summed E-state index contributed by atoms with van der Waals surface area (Å²) in [6.45, 7) is 7.20. The molecular weight excluding hydrogens is 298 g/mol. The Hall–Kier alpha value is -1.35. The molecule has 0 fully saturated rings. The lowest BCUT2D eigenvalue weighted by molar-refractivity contribution is -0.140. The zero-order chi connectivity index (χ0) is 16.0. The molecule has 1 aromatic carbocycles. The summed E-state index contributed by atoms with van der Waals surface area (Å²) in [6.07, 6.45) is -4.48. The molecule has 0 radical (unpaired) electrons. The van der Waals surface area contributed by atoms with E-state index in [4.69, 9.17) is 0 Å². The van der Waals surface area contributed by atoms with Gasteiger partial charge in [-0.1, -0.05) is 19.9 Å². The van der Waals surface area contributed by atoms with E-state index in [9.17, 15) is 17.7 Å². The zero-order valence-electron chi connectivity index (χ0n) is 12.3. The first-order valence-corrected chi connectivity index (χ1v) is 9.18. The van der Waals surface area contributed by atoms with E-state index in [1.54, 1.807) is 25.5 Å². The predicted octanol–water partition coefficient (Wildman–Crippen LogP) is 4.63. The van der Waals surface area contributed by atoms with Crippen molar-refractivity contribution >= 4 is 23.3 Å². The molecule has 0 atom stereocenters. The van der Waals surface area contributed by atoms with Crippen LogP contribution in [0.5, 0.6) is 0 Å². The van der Waals surface area contributed by atoms with Gasteiger partial charge in [0.25, 0.3) is 0 Å². The first-order chi connectivity index (χ1) is 9.51. The highest BCUT2D eigenvalue weighted by molar-refractivity contribution is 7.70. The number of benzene rings is 1. The molecule has 0 saturated carbocycles. The van der Waals surface area contributed by atoms with Crippen LogP contribution in [0.4, 0.5) is 13.2 Å². The first-order valence-electron chi connectivity index (χ1n) is 6.58. The Balaban J connectivity index is 2.83. The lowest BCUT2D eigenvalue weighted by Crippen LogP contribution is -2.15. The fourth-order valence-electron chi connectivity index (χ4n) is 2.43. The Morgan fingerprint density at radius 3 is 2.19 bits per heavy atom. The minimum Gasteiger partial charge on any atom is -0.319 e. The molecule has 114 valence electrons. The van der Waals surface area contributed by atoms with E-state index in [0.717, 1.165) is 11.6 Å². The molecule has 0 N–H and O–H groups in total. The van der Waals surface area contributed by atoms with Crippen LogP contribution < -0.4 is 5.30 Å². The number of aromatic nitrogens is 1. The lowest BCUT2D eigenvalue weighted by atomic mass is 10.0. The van der Waals surface area contributed by atoms with E-state index in [0.29, 0.717) is 10.7 Å². The van der Waals surface area contributed by atoms with Crippen LogP contribution in [0.25, 0.3) is 10.9 Å². The number of halogens is 3. The van der Waals surface area contributed by atoms with Crippen molar-refractivity contribution in [2.24, 2.45) is 0 Å². The summed E-state index contributed by atoms with van der Waals surface area (Å²) in [4.78, 5) is 3.67. The van der Waals surface area contributed by atoms with Crippen LogP contribution in [-0.4, -0.2) is 18.3 Å². The number of alkyl halides is 3. The largest absolute Gasteiger partial charge is 0.433 e. The molecule has 6 heteroatoms. The van der Waals surface area contributed by atoms with Gasteiger partial charge in [0.05, 0.1) is 5.52 Å². The van der Waals surface area contributed by atoms with Crippen molar-refractivity contribution in [2.45, 2.75) is 25.9 Å². The standard InChI is InChI=1S/C15H17F3NOP/c1-9(2)10-5-7-12-11(14(10)21(3,4)20)6-8-13(19-12)15(16,17)18/h5-9H,1-4H3. The Kier molecular flexibility index (Phi) is 3.92. The second-order valence-electron chi connectivity index (χ2n) is 5.77. The Morgan fingerprint density at radius 2 is 1.71 bits per heavy atom. The summed E-state index contributed by atoms with van der Waals surface area (Å²) >= 11 is 0. The normalized spacial score (nSPS) is 13.1. The van der Waals surface area contributed by atoms with Crippen LogP contribution in [0.3, 0.4) is 0 Å². The molecule has 0 unspecified atom stereocenters. The maximum absolute atomic E-state index is 12.7. The van der Waals surface area contributed by atoms with Crippen LogP contribution in [0, 0.1) is 0 Å². The van der Waals surface area contributed by atoms with Gasteiger partial charge in [0, 0.05) is 10.7 Å². The summed E-state index contributed by atoms with van der Waals surface area (Å²) in [5.74, 6) is 0.139. The number of hydrogen-bond acceptors (Lipinski definition) is 2. The molecule has 1 aromatic heterocycles. The maximum atomic E-state index is 12.7. The van der Waals surface area contributed by atoms with Crippen molar-refractivity contribution in [3.63, 3.8) is 0 Å². The fourth-order valence-corrected chi connectivity index (χ4v) is 4.15. The molecule has 0 amide bonds. The number of rotatable bonds is 2. The van der Waals surface area contributed by atoms with E-state index < -0.39 is 19.0 Å². The molecule has 0 saturated heterocycles. The van der Waals surface area contributed by atoms with Crippen molar-refractivity contribution in [1.29, 1.82) is 0 Å². The number of fused-ring (bicyclic) bond motifs is 1. The molecule has 1 heterocycles. The van der Waals surface area contributed by atoms with Crippen molar-refractivity contribution in [2.75, 3.05) is 13.3 Å². The molecule has 0 aliphatic rings. The fraction of sp³-hybridized carbons (Fsp3) is 0.400. The smallest absolute Gasteiger partial charge is 0.319 e. The van der Waals surface area contributed by atoms with Crippen molar-refractivity contribution in [3.8, 4) is 0 Å². The van der Waals surface area contributed by atoms with Gasteiger partial charge in [0.2, 0.25) is 0 Å². The molecule has 2 aromatic rings. The van der Waals surface area contributed by atoms with Crippen LogP contribution in [0.15, 0.2) is 24.3 Å². The highest BCUT2D eigenvalue weighted by Gasteiger charge is 2.33. The van der Waals surface area contributed by atoms with Gasteiger partial charge in [-0.05, 0) is 43.0 Å². The third-order valence-corrected chi connectivity index (χ3v) is 4.90. The van der Waals surface area contributed by atoms with Crippen LogP contribution in [0.1, 0.15) is 31.0 Å². The number of nitrogens with zero attached hydrogens (tertiary/aromatic N) is 1. The van der Waals surface area contributed by atoms with Crippen molar-refractivity contribution in [3.05, 3.63) is 35.5 Å². The molecule has 21 heavy (non-hydrogen) atoms. The first kappa shape index (κ1) is 16.0. The highest BCUT2D eigenvalue weighted by Crippen LogP contribution is 2.41. The van der Waals surface area contributed by atoms with E-state index >= 15 is 0 Å². The molecule has 0 spiro atoms. The SMILES string of the molecule is CC(C)c1ccc2nc(C(F)(F)F)ccc2c1P(C)(C)=O. The number of pyridine rings is 1. The minimum absolute atomic E-state index is 0.139. The Labute approximate surface area is 121 Å². The van der Waals surface area contributed by atoms with E-state index in [-0.39, 0.29) is 11.4 Å². The second-order valence-corrected chi connectivity index (χ2v) is 8.92. The Morgan fingerprint density at radius 1 is 1.10 bits per heavy atom. The third-order valence-electron chi connectivity index (χ3n) is 3.32. The van der Waals surface area contributed by atoms with Gasteiger partial charge in [0.15, 0.2) is 0 Å². The lowest BCUT2D eigenvalue weighted by Gasteiger charge is -2.19. The molecule has 0 bridgehead atoms. The summed E-state index contributed by atoms with van der Waals surface area (Å²) in [5.41, 5.74) is 0.200. The third kappa shape index (κ3) is 3.13. The van der Waals surface area contributed by atoms with Crippen LogP contribution >= 0.6 is 7.14 Å². The van der Waals surface area contributed by atoms with Crippen molar-refractivity contribution in [1.82, 2.24) is 4.98 Å². The van der Waals surface area contributed by atoms with Gasteiger partial charge in [-0.2, -0.15) is 13.2 Å². The molecular formula is C15H17F3NOP. The summed E-state index contributed by atoms with van der Waals surface area (Å²) < 4.78 is 50.8. The van der Waals surface area contributed by atoms with Gasteiger partial charge in [-0.3, -0.25) is 0 Å². The average molecular weight is 315 g/mol. The molecule has 0 aliphatic heterocycles. The summed E-state index contributed by atoms with van der Waals surface area (Å²) in [6, 6.07) is 5.63. The van der Waals surface area contributed by atoms with Crippen LogP contribution in [-0.2, 0) is 10.7 Å². The van der Waals surface area contributed by atoms with Gasteiger partial charge >= 0.3 is 6.18 Å². The van der Waals surface area contributed by atoms with E-state index in [1.165, 1.54) is 6.07 Å². The van der Waals surface area contributed by atoms with Gasteiger partial charge < -0.3 is 4.57 Å². The monoisotopic (exact) mass is 315 g/mol. The van der Waals surface area contributed by atoms with Crippen LogP contribution in [0.2, 0.25) is 0 Å². The van der Waals surface area contributed by atoms with E-state index in [1.807, 2.05) is 13.8 Å². The minimum atomic E-state index is -4.48. The molecule has 0 aliphatic carbocycles. The zero-order valence-corrected chi connectivity index (χ0v) is 13.2. The predicted molar refractivity (Wildman–Crippen MR) is 79.9 cm³/mol. The van der Waals surface area contributed by atoms with Crippen molar-refractivity contribution < 1.29 is 17.7 Å². The molecule has 2 rings (SSSR count). The van der Waals surface area contributed by atoms with E-state index in [2.05, 4.69) is 4.98 Å². The highest BCUT2D eigenvalue weighted by atomic mass is 31.2. The van der Waals surface area contributed by atoms with Gasteiger partial charge in [0.1, 0.15) is 12.8 Å². The Bertz CT molecular complexity index is 732. The molecule has 2 nitrogen and oxygen atoms in total. The summed E-state index contributed by atoms with van der Waals surface area (Å²) in [5, 5.41) is 1.18. The topological polar surface area (TPSA) is 30.0 Å². The second kappa shape index (κ2) is 5.13. The number of hydrogen-bond donors (Lipinski definition) is 0. The quantitative estimate of drug-likeness (QED) is 0.757. The maximum Gasteiger partial charge on any atom is 0.433 e. The van der Waals surface area contributed by atoms with Gasteiger partial charge in [-0.15, -0.1) is 0 Å². The summed E-state index contributed by atoms with van der Waals surface area (Å²) in [7, 11) is -2.63. The average Bonchev–Trinajstić information content (AvgIpc) is 2.34. The van der Waals surface area contributed by atoms with Gasteiger partial charge in [-0.25, -0.2) is 4.98 Å².